The fraction of sp³-hybridized carbons (Fsp3) is 1.00. The summed E-state index contributed by atoms with van der Waals surface area (Å²) in [7, 11) is 0. The lowest BCUT2D eigenvalue weighted by atomic mass is 9.90. The monoisotopic (exact) mass is 236 g/mol. The van der Waals surface area contributed by atoms with Crippen LogP contribution in [0.3, 0.4) is 0 Å². The first kappa shape index (κ1) is 8.58. The number of hydrogen-bond acceptors (Lipinski definition) is 0. The minimum absolute atomic E-state index is 4.38. The highest BCUT2D eigenvalue weighted by Crippen LogP contribution is 3.11. The summed E-state index contributed by atoms with van der Waals surface area (Å²) < 4.78 is 105. The van der Waals surface area contributed by atoms with E-state index in [9.17, 15) is 35.1 Å². The molecule has 0 nitrogen and oxygen atoms in total. The summed E-state index contributed by atoms with van der Waals surface area (Å²) in [4.78, 5) is 0. The zero-order chi connectivity index (χ0) is 11.5. The van der Waals surface area contributed by atoms with Gasteiger partial charge >= 0.3 is 5.92 Å². The molecule has 15 heavy (non-hydrogen) atoms. The largest absolute Gasteiger partial charge is 0.328 e. The molecular weight excluding hydrogens is 236 g/mol. The zero-order valence-corrected chi connectivity index (χ0v) is 6.52. The van der Waals surface area contributed by atoms with Crippen molar-refractivity contribution in [1.82, 2.24) is 0 Å². The summed E-state index contributed by atoms with van der Waals surface area (Å²) in [6.45, 7) is 0. The molecule has 0 aliphatic heterocycles. The van der Waals surface area contributed by atoms with Gasteiger partial charge in [0.1, 0.15) is 0 Å². The van der Waals surface area contributed by atoms with E-state index in [1.54, 1.807) is 0 Å². The maximum absolute atomic E-state index is 13.2. The first-order chi connectivity index (χ1) is 6.50. The number of hydrogen-bond donors (Lipinski definition) is 0. The second-order valence-corrected chi connectivity index (χ2v) is 4.53. The molecule has 0 radical (unpaired) electrons. The van der Waals surface area contributed by atoms with Crippen LogP contribution in [0.15, 0.2) is 0 Å². The van der Waals surface area contributed by atoms with Crippen LogP contribution < -0.4 is 0 Å². The fourth-order valence-electron chi connectivity index (χ4n) is 3.85. The van der Waals surface area contributed by atoms with Gasteiger partial charge in [-0.25, -0.2) is 26.3 Å². The highest BCUT2D eigenvalue weighted by Gasteiger charge is 3.45. The molecule has 0 aromatic rings. The van der Waals surface area contributed by atoms with Gasteiger partial charge in [-0.05, 0) is 0 Å². The average Bonchev–Trinajstić information content (AvgIpc) is 2.70. The summed E-state index contributed by atoms with van der Waals surface area (Å²) >= 11 is 0. The van der Waals surface area contributed by atoms with Gasteiger partial charge in [0.25, 0.3) is 11.3 Å². The molecule has 5 fully saturated rings. The molecule has 0 unspecified atom stereocenters. The fourth-order valence-corrected chi connectivity index (χ4v) is 3.85. The minimum atomic E-state index is -5.31. The maximum Gasteiger partial charge on any atom is 0.328 e. The van der Waals surface area contributed by atoms with Crippen molar-refractivity contribution in [2.45, 2.75) is 39.9 Å². The average molecular weight is 236 g/mol. The molecule has 0 N–H and O–H groups in total. The summed E-state index contributed by atoms with van der Waals surface area (Å²) in [6.07, 6.45) is 0. The second kappa shape index (κ2) is 1.21. The number of halogens is 8. The van der Waals surface area contributed by atoms with Gasteiger partial charge in [-0.3, -0.25) is 0 Å². The minimum Gasteiger partial charge on any atom is -0.232 e. The zero-order valence-electron chi connectivity index (χ0n) is 6.52. The lowest BCUT2D eigenvalue weighted by Gasteiger charge is -2.26. The van der Waals surface area contributed by atoms with E-state index in [-0.39, 0.29) is 0 Å². The molecular formula is C7F8. The predicted molar refractivity (Wildman–Crippen MR) is 28.0 cm³/mol. The summed E-state index contributed by atoms with van der Waals surface area (Å²) in [5, 5.41) is 0. The molecule has 5 saturated carbocycles. The standard InChI is InChI=1S/C7F8/c8-1-2(9)4(11)3(1,10)6(4,13)7(14,15)5(1,2)12. The molecule has 84 valence electrons. The Balaban J connectivity index is 2.16. The van der Waals surface area contributed by atoms with Crippen LogP contribution in [-0.4, -0.2) is 39.9 Å². The Hall–Kier alpha value is -0.560. The first-order valence-corrected chi connectivity index (χ1v) is 4.01. The highest BCUT2D eigenvalue weighted by atomic mass is 19.3. The van der Waals surface area contributed by atoms with Crippen molar-refractivity contribution >= 4 is 0 Å². The lowest BCUT2D eigenvalue weighted by Crippen LogP contribution is -2.54. The van der Waals surface area contributed by atoms with Crippen molar-refractivity contribution in [2.75, 3.05) is 0 Å². The van der Waals surface area contributed by atoms with Crippen LogP contribution in [-0.2, 0) is 0 Å². The summed E-state index contributed by atoms with van der Waals surface area (Å²) in [5.74, 6) is -5.31. The van der Waals surface area contributed by atoms with Crippen molar-refractivity contribution in [3.63, 3.8) is 0 Å². The van der Waals surface area contributed by atoms with Gasteiger partial charge < -0.3 is 0 Å². The Bertz CT molecular complexity index is 357. The molecule has 0 spiro atoms. The van der Waals surface area contributed by atoms with E-state index in [0.717, 1.165) is 0 Å². The van der Waals surface area contributed by atoms with Gasteiger partial charge in [-0.15, -0.1) is 0 Å². The third-order valence-corrected chi connectivity index (χ3v) is 4.54. The van der Waals surface area contributed by atoms with E-state index in [2.05, 4.69) is 0 Å². The molecule has 0 amide bonds. The van der Waals surface area contributed by atoms with E-state index in [0.29, 0.717) is 0 Å². The smallest absolute Gasteiger partial charge is 0.232 e. The molecule has 5 aliphatic rings. The lowest BCUT2D eigenvalue weighted by molar-refractivity contribution is -0.138. The van der Waals surface area contributed by atoms with E-state index < -0.39 is 39.9 Å². The molecule has 0 heterocycles. The van der Waals surface area contributed by atoms with Crippen molar-refractivity contribution in [1.29, 1.82) is 0 Å². The van der Waals surface area contributed by atoms with E-state index in [1.807, 2.05) is 0 Å². The van der Waals surface area contributed by atoms with Crippen LogP contribution >= 0.6 is 0 Å². The van der Waals surface area contributed by atoms with Gasteiger partial charge in [-0.1, -0.05) is 0 Å². The Labute approximate surface area is 76.2 Å². The Morgan fingerprint density at radius 1 is 0.333 bits per heavy atom. The number of rotatable bonds is 0. The van der Waals surface area contributed by atoms with Gasteiger partial charge in [0, 0.05) is 0 Å². The van der Waals surface area contributed by atoms with Gasteiger partial charge in [0.05, 0.1) is 0 Å². The van der Waals surface area contributed by atoms with E-state index in [4.69, 9.17) is 0 Å². The Morgan fingerprint density at radius 3 is 0.600 bits per heavy atom. The van der Waals surface area contributed by atoms with Crippen molar-refractivity contribution in [3.8, 4) is 0 Å². The van der Waals surface area contributed by atoms with Gasteiger partial charge in [-0.2, -0.15) is 8.78 Å². The predicted octanol–water partition coefficient (Wildman–Crippen LogP) is 1.93. The molecule has 5 aliphatic carbocycles. The molecule has 0 aromatic carbocycles. The quantitative estimate of drug-likeness (QED) is 0.564. The molecule has 2 bridgehead atoms. The normalized spacial score (nSPS) is 84.8. The van der Waals surface area contributed by atoms with Crippen molar-refractivity contribution in [3.05, 3.63) is 0 Å². The van der Waals surface area contributed by atoms with Gasteiger partial charge in [0.15, 0.2) is 0 Å². The molecule has 8 heteroatoms. The van der Waals surface area contributed by atoms with Crippen LogP contribution in [0.4, 0.5) is 35.1 Å². The van der Waals surface area contributed by atoms with Crippen LogP contribution in [0.25, 0.3) is 0 Å². The topological polar surface area (TPSA) is 0 Å². The maximum atomic E-state index is 13.2. The highest BCUT2D eigenvalue weighted by molar-refractivity contribution is 5.87. The Morgan fingerprint density at radius 2 is 0.533 bits per heavy atom. The Kier molecular flexibility index (Phi) is 0.692. The molecule has 0 atom stereocenters. The number of alkyl halides is 8. The van der Waals surface area contributed by atoms with Crippen LogP contribution in [0, 0.1) is 0 Å². The summed E-state index contributed by atoms with van der Waals surface area (Å²) in [6, 6.07) is 0. The van der Waals surface area contributed by atoms with Crippen molar-refractivity contribution in [2.24, 2.45) is 0 Å². The van der Waals surface area contributed by atoms with Gasteiger partial charge in [0.2, 0.25) is 22.7 Å². The second-order valence-electron chi connectivity index (χ2n) is 4.53. The first-order valence-electron chi connectivity index (χ1n) is 4.01. The van der Waals surface area contributed by atoms with E-state index >= 15 is 0 Å². The SMILES string of the molecule is FC1(F)C2(F)C3(F)C2(F)C2(F)C1(F)C32F. The molecule has 0 aromatic heterocycles. The summed E-state index contributed by atoms with van der Waals surface area (Å²) in [5.41, 5.74) is -26.9. The molecule has 5 rings (SSSR count). The van der Waals surface area contributed by atoms with Crippen LogP contribution in [0.2, 0.25) is 0 Å². The van der Waals surface area contributed by atoms with Crippen molar-refractivity contribution < 1.29 is 35.1 Å². The third kappa shape index (κ3) is 0.241. The third-order valence-electron chi connectivity index (χ3n) is 4.54. The van der Waals surface area contributed by atoms with Crippen LogP contribution in [0.1, 0.15) is 0 Å². The van der Waals surface area contributed by atoms with E-state index in [1.165, 1.54) is 0 Å². The molecule has 0 saturated heterocycles. The van der Waals surface area contributed by atoms with Crippen LogP contribution in [0.5, 0.6) is 0 Å².